The van der Waals surface area contributed by atoms with E-state index >= 15 is 0 Å². The summed E-state index contributed by atoms with van der Waals surface area (Å²) in [7, 11) is 3.78. The van der Waals surface area contributed by atoms with Crippen LogP contribution >= 0.6 is 0 Å². The number of aromatic nitrogens is 1. The van der Waals surface area contributed by atoms with Crippen molar-refractivity contribution in [1.82, 2.24) is 0 Å². The average molecular weight is 324 g/mol. The summed E-state index contributed by atoms with van der Waals surface area (Å²) < 4.78 is 41.3. The molecule has 0 unspecified atom stereocenters. The van der Waals surface area contributed by atoms with Crippen molar-refractivity contribution in [2.24, 2.45) is 0 Å². The molecule has 1 heterocycles. The van der Waals surface area contributed by atoms with Crippen molar-refractivity contribution in [3.63, 3.8) is 0 Å². The summed E-state index contributed by atoms with van der Waals surface area (Å²) in [6.07, 6.45) is 3.42. The van der Waals surface area contributed by atoms with E-state index in [-0.39, 0.29) is 0 Å². The number of nitrogens with zero attached hydrogens (tertiary/aromatic N) is 2. The van der Waals surface area contributed by atoms with Crippen LogP contribution < -0.4 is 14.8 Å². The molecule has 0 bridgehead atoms. The number of amides is 1. The molecular formula is C16H17F3N3O+. The van der Waals surface area contributed by atoms with Crippen molar-refractivity contribution >= 4 is 17.3 Å². The summed E-state index contributed by atoms with van der Waals surface area (Å²) in [5.74, 6) is -4.88. The lowest BCUT2D eigenvalue weighted by Gasteiger charge is -2.13. The van der Waals surface area contributed by atoms with Crippen molar-refractivity contribution in [3.05, 3.63) is 54.1 Å². The van der Waals surface area contributed by atoms with E-state index in [0.717, 1.165) is 17.8 Å². The van der Waals surface area contributed by atoms with E-state index in [0.29, 0.717) is 0 Å². The second kappa shape index (κ2) is 6.68. The summed E-state index contributed by atoms with van der Waals surface area (Å²) >= 11 is 0. The molecule has 2 rings (SSSR count). The van der Waals surface area contributed by atoms with Crippen LogP contribution in [0.1, 0.15) is 13.0 Å². The Balaban J connectivity index is 2.15. The first-order valence-electron chi connectivity index (χ1n) is 6.93. The highest BCUT2D eigenvalue weighted by Crippen LogP contribution is 2.20. The number of nitrogens with one attached hydrogen (secondary N) is 1. The lowest BCUT2D eigenvalue weighted by molar-refractivity contribution is -0.705. The predicted molar refractivity (Wildman–Crippen MR) is 80.6 cm³/mol. The second-order valence-corrected chi connectivity index (χ2v) is 5.29. The number of hydrogen-bond acceptors (Lipinski definition) is 2. The Bertz CT molecular complexity index is 717. The molecule has 0 fully saturated rings. The maximum atomic E-state index is 13.6. The minimum Gasteiger partial charge on any atom is -0.377 e. The zero-order chi connectivity index (χ0) is 17.1. The van der Waals surface area contributed by atoms with Gasteiger partial charge in [-0.2, -0.15) is 4.57 Å². The first kappa shape index (κ1) is 16.8. The smallest absolute Gasteiger partial charge is 0.293 e. The molecule has 1 aromatic heterocycles. The Morgan fingerprint density at radius 3 is 2.26 bits per heavy atom. The van der Waals surface area contributed by atoms with Gasteiger partial charge in [-0.25, -0.2) is 13.2 Å². The quantitative estimate of drug-likeness (QED) is 0.693. The molecule has 0 spiro atoms. The largest absolute Gasteiger partial charge is 0.377 e. The van der Waals surface area contributed by atoms with Crippen molar-refractivity contribution in [1.29, 1.82) is 0 Å². The molecule has 0 saturated carbocycles. The van der Waals surface area contributed by atoms with Crippen molar-refractivity contribution in [2.75, 3.05) is 24.3 Å². The average Bonchev–Trinajstić information content (AvgIpc) is 2.54. The molecule has 2 aromatic rings. The van der Waals surface area contributed by atoms with Crippen LogP contribution in [0.25, 0.3) is 0 Å². The highest BCUT2D eigenvalue weighted by atomic mass is 19.2. The number of pyridine rings is 1. The van der Waals surface area contributed by atoms with Gasteiger partial charge in [-0.1, -0.05) is 0 Å². The fourth-order valence-electron chi connectivity index (χ4n) is 1.98. The fourth-order valence-corrected chi connectivity index (χ4v) is 1.98. The number of carbonyl (C=O) groups excluding carboxylic acids is 1. The van der Waals surface area contributed by atoms with Gasteiger partial charge >= 0.3 is 0 Å². The molecule has 0 radical (unpaired) electrons. The molecule has 0 aliphatic rings. The van der Waals surface area contributed by atoms with Crippen LogP contribution in [0, 0.1) is 17.5 Å². The third-order valence-electron chi connectivity index (χ3n) is 3.47. The molecular weight excluding hydrogens is 307 g/mol. The molecule has 7 heteroatoms. The molecule has 1 atom stereocenters. The van der Waals surface area contributed by atoms with Crippen LogP contribution in [0.5, 0.6) is 0 Å². The molecule has 1 N–H and O–H groups in total. The second-order valence-electron chi connectivity index (χ2n) is 5.29. The number of halogens is 3. The van der Waals surface area contributed by atoms with Gasteiger partial charge in [0.25, 0.3) is 5.91 Å². The highest BCUT2D eigenvalue weighted by molar-refractivity contribution is 5.92. The number of benzene rings is 1. The van der Waals surface area contributed by atoms with Gasteiger partial charge in [-0.05, 0) is 12.1 Å². The Morgan fingerprint density at radius 1 is 1.09 bits per heavy atom. The predicted octanol–water partition coefficient (Wildman–Crippen LogP) is 2.66. The molecule has 0 aliphatic carbocycles. The minimum atomic E-state index is -1.61. The van der Waals surface area contributed by atoms with Crippen LogP contribution in [-0.2, 0) is 4.79 Å². The molecule has 23 heavy (non-hydrogen) atoms. The van der Waals surface area contributed by atoms with Gasteiger partial charge in [-0.3, -0.25) is 4.79 Å². The van der Waals surface area contributed by atoms with Crippen LogP contribution in [0.2, 0.25) is 0 Å². The lowest BCUT2D eigenvalue weighted by atomic mass is 10.2. The summed E-state index contributed by atoms with van der Waals surface area (Å²) in [5, 5.41) is 2.26. The normalized spacial score (nSPS) is 11.9. The zero-order valence-electron chi connectivity index (χ0n) is 13.0. The summed E-state index contributed by atoms with van der Waals surface area (Å²) in [6, 6.07) is 4.73. The molecule has 0 aliphatic heterocycles. The third-order valence-corrected chi connectivity index (χ3v) is 3.47. The van der Waals surface area contributed by atoms with Gasteiger partial charge in [-0.15, -0.1) is 0 Å². The Morgan fingerprint density at radius 2 is 1.70 bits per heavy atom. The highest BCUT2D eigenvalue weighted by Gasteiger charge is 2.24. The third kappa shape index (κ3) is 3.61. The molecule has 1 aromatic carbocycles. The zero-order valence-corrected chi connectivity index (χ0v) is 13.0. The van der Waals surface area contributed by atoms with Crippen LogP contribution in [0.4, 0.5) is 24.5 Å². The molecule has 1 amide bonds. The fraction of sp³-hybridized carbons (Fsp3) is 0.250. The lowest BCUT2D eigenvalue weighted by Crippen LogP contribution is -2.44. The van der Waals surface area contributed by atoms with Gasteiger partial charge in [0, 0.05) is 38.8 Å². The van der Waals surface area contributed by atoms with Gasteiger partial charge < -0.3 is 10.2 Å². The number of carbonyl (C=O) groups is 1. The van der Waals surface area contributed by atoms with E-state index in [4.69, 9.17) is 0 Å². The first-order chi connectivity index (χ1) is 10.8. The Kier molecular flexibility index (Phi) is 4.88. The first-order valence-corrected chi connectivity index (χ1v) is 6.93. The van der Waals surface area contributed by atoms with E-state index in [2.05, 4.69) is 5.32 Å². The maximum Gasteiger partial charge on any atom is 0.293 e. The Hall–Kier alpha value is -2.57. The number of hydrogen-bond donors (Lipinski definition) is 1. The molecule has 122 valence electrons. The Labute approximate surface area is 132 Å². The van der Waals surface area contributed by atoms with Crippen molar-refractivity contribution in [3.8, 4) is 0 Å². The summed E-state index contributed by atoms with van der Waals surface area (Å²) in [6.45, 7) is 1.61. The molecule has 4 nitrogen and oxygen atoms in total. The van der Waals surface area contributed by atoms with Crippen LogP contribution in [0.15, 0.2) is 36.7 Å². The van der Waals surface area contributed by atoms with E-state index in [1.165, 1.54) is 0 Å². The van der Waals surface area contributed by atoms with Crippen LogP contribution in [-0.4, -0.2) is 20.0 Å². The summed E-state index contributed by atoms with van der Waals surface area (Å²) in [5.41, 5.74) is 0.562. The maximum absolute atomic E-state index is 13.6. The van der Waals surface area contributed by atoms with E-state index < -0.39 is 35.1 Å². The van der Waals surface area contributed by atoms with Crippen molar-refractivity contribution < 1.29 is 22.5 Å². The molecule has 0 saturated heterocycles. The van der Waals surface area contributed by atoms with Crippen LogP contribution in [0.3, 0.4) is 0 Å². The summed E-state index contributed by atoms with van der Waals surface area (Å²) in [4.78, 5) is 14.1. The standard InChI is InChI=1S/C16H16F3N3O/c1-10(22-8-6-11(7-9-22)21(2)3)16(23)20-13-5-4-12(17)14(18)15(13)19/h4-10H,1-3H3/p+1/t10-/m0/s1. The number of anilines is 2. The van der Waals surface area contributed by atoms with E-state index in [1.54, 1.807) is 23.9 Å². The van der Waals surface area contributed by atoms with Crippen molar-refractivity contribution in [2.45, 2.75) is 13.0 Å². The van der Waals surface area contributed by atoms with E-state index in [1.807, 2.05) is 31.1 Å². The van der Waals surface area contributed by atoms with Gasteiger partial charge in [0.15, 0.2) is 29.8 Å². The monoisotopic (exact) mass is 324 g/mol. The van der Waals surface area contributed by atoms with E-state index in [9.17, 15) is 18.0 Å². The van der Waals surface area contributed by atoms with Gasteiger partial charge in [0.2, 0.25) is 6.04 Å². The topological polar surface area (TPSA) is 36.2 Å². The van der Waals surface area contributed by atoms with Gasteiger partial charge in [0.1, 0.15) is 0 Å². The van der Waals surface area contributed by atoms with Gasteiger partial charge in [0.05, 0.1) is 5.69 Å². The number of rotatable bonds is 4. The minimum absolute atomic E-state index is 0.397. The SMILES string of the molecule is C[C@@H](C(=O)Nc1ccc(F)c(F)c1F)[n+]1ccc(N(C)C)cc1.